The van der Waals surface area contributed by atoms with E-state index in [-0.39, 0.29) is 36.4 Å². The van der Waals surface area contributed by atoms with E-state index < -0.39 is 11.9 Å². The Morgan fingerprint density at radius 3 is 2.39 bits per heavy atom. The monoisotopic (exact) mass is 493 g/mol. The Bertz CT molecular complexity index is 1210. The molecule has 0 aromatic heterocycles. The van der Waals surface area contributed by atoms with Crippen molar-refractivity contribution in [1.29, 1.82) is 0 Å². The molecule has 0 radical (unpaired) electrons. The number of carbonyl (C=O) groups is 2. The van der Waals surface area contributed by atoms with Crippen LogP contribution in [-0.4, -0.2) is 51.4 Å². The number of ether oxygens (including phenoxy) is 4. The van der Waals surface area contributed by atoms with Gasteiger partial charge in [-0.3, -0.25) is 4.79 Å². The number of dihydropyridines is 1. The third kappa shape index (κ3) is 4.95. The minimum atomic E-state index is -0.657. The maximum absolute atomic E-state index is 13.7. The van der Waals surface area contributed by atoms with Crippen LogP contribution in [0.4, 0.5) is 0 Å². The zero-order valence-corrected chi connectivity index (χ0v) is 20.9. The molecule has 0 fully saturated rings. The van der Waals surface area contributed by atoms with Gasteiger partial charge in [0, 0.05) is 36.4 Å². The van der Waals surface area contributed by atoms with Crippen LogP contribution < -0.4 is 14.8 Å². The molecule has 1 aliphatic heterocycles. The molecule has 2 N–H and O–H groups in total. The topological polar surface area (TPSA) is 103 Å². The molecule has 190 valence electrons. The largest absolute Gasteiger partial charge is 0.504 e. The predicted octanol–water partition coefficient (Wildman–Crippen LogP) is 3.96. The van der Waals surface area contributed by atoms with Crippen molar-refractivity contribution in [3.05, 3.63) is 76.1 Å². The van der Waals surface area contributed by atoms with Crippen molar-refractivity contribution in [3.63, 3.8) is 0 Å². The Morgan fingerprint density at radius 1 is 1.00 bits per heavy atom. The Kier molecular flexibility index (Phi) is 7.64. The number of carbonyl (C=O) groups excluding carboxylic acids is 2. The van der Waals surface area contributed by atoms with Gasteiger partial charge < -0.3 is 29.4 Å². The van der Waals surface area contributed by atoms with Gasteiger partial charge in [-0.1, -0.05) is 18.2 Å². The van der Waals surface area contributed by atoms with Crippen LogP contribution in [0.15, 0.2) is 65.0 Å². The number of phenolic OH excluding ortho intramolecular Hbond substituents is 1. The summed E-state index contributed by atoms with van der Waals surface area (Å²) in [6.07, 6.45) is 0.923. The number of allylic oxidation sites excluding steroid dienone is 3. The summed E-state index contributed by atoms with van der Waals surface area (Å²) in [5.41, 5.74) is 4.01. The second-order valence-electron chi connectivity index (χ2n) is 8.85. The van der Waals surface area contributed by atoms with Crippen LogP contribution in [0.3, 0.4) is 0 Å². The van der Waals surface area contributed by atoms with Crippen molar-refractivity contribution in [1.82, 2.24) is 5.32 Å². The first-order valence-electron chi connectivity index (χ1n) is 11.8. The number of rotatable bonds is 8. The fourth-order valence-electron chi connectivity index (χ4n) is 4.92. The number of esters is 1. The van der Waals surface area contributed by atoms with Gasteiger partial charge in [0.25, 0.3) is 0 Å². The molecule has 8 heteroatoms. The fourth-order valence-corrected chi connectivity index (χ4v) is 4.92. The number of phenols is 1. The molecule has 0 bridgehead atoms. The molecule has 2 aliphatic rings. The zero-order chi connectivity index (χ0) is 25.8. The summed E-state index contributed by atoms with van der Waals surface area (Å²) >= 11 is 0. The molecule has 0 saturated heterocycles. The number of aromatic hydroxyl groups is 1. The molecule has 1 heterocycles. The first-order chi connectivity index (χ1) is 17.4. The van der Waals surface area contributed by atoms with Crippen LogP contribution in [0.25, 0.3) is 0 Å². The molecule has 1 aliphatic carbocycles. The quantitative estimate of drug-likeness (QED) is 0.421. The first-order valence-corrected chi connectivity index (χ1v) is 11.8. The summed E-state index contributed by atoms with van der Waals surface area (Å²) < 4.78 is 21.0. The maximum Gasteiger partial charge on any atom is 0.336 e. The van der Waals surface area contributed by atoms with Gasteiger partial charge in [0.15, 0.2) is 17.3 Å². The second-order valence-corrected chi connectivity index (χ2v) is 8.85. The molecule has 0 unspecified atom stereocenters. The molecule has 0 spiro atoms. The highest BCUT2D eigenvalue weighted by Gasteiger charge is 2.41. The van der Waals surface area contributed by atoms with Crippen LogP contribution >= 0.6 is 0 Å². The van der Waals surface area contributed by atoms with Gasteiger partial charge in [-0.2, -0.15) is 0 Å². The average Bonchev–Trinajstić information content (AvgIpc) is 2.88. The van der Waals surface area contributed by atoms with Gasteiger partial charge in [-0.15, -0.1) is 0 Å². The average molecular weight is 494 g/mol. The molecule has 2 aromatic carbocycles. The summed E-state index contributed by atoms with van der Waals surface area (Å²) in [6, 6.07) is 12.6. The van der Waals surface area contributed by atoms with Gasteiger partial charge >= 0.3 is 5.97 Å². The normalized spacial score (nSPS) is 19.5. The van der Waals surface area contributed by atoms with E-state index in [1.54, 1.807) is 19.2 Å². The number of nitrogens with one attached hydrogen (secondary N) is 1. The van der Waals surface area contributed by atoms with Gasteiger partial charge in [0.2, 0.25) is 0 Å². The van der Waals surface area contributed by atoms with Crippen LogP contribution in [-0.2, 0) is 19.1 Å². The summed E-state index contributed by atoms with van der Waals surface area (Å²) in [5, 5.41) is 13.5. The highest BCUT2D eigenvalue weighted by Crippen LogP contribution is 2.47. The number of hydrogen-bond donors (Lipinski definition) is 2. The highest BCUT2D eigenvalue weighted by molar-refractivity contribution is 6.04. The summed E-state index contributed by atoms with van der Waals surface area (Å²) in [7, 11) is 4.61. The lowest BCUT2D eigenvalue weighted by Gasteiger charge is -2.36. The number of Topliss-reactive ketones (excluding diaryl/α,β-unsaturated/α-hetero) is 1. The maximum atomic E-state index is 13.7. The minimum Gasteiger partial charge on any atom is -0.504 e. The van der Waals surface area contributed by atoms with Crippen LogP contribution in [0.5, 0.6) is 17.2 Å². The second kappa shape index (κ2) is 10.9. The van der Waals surface area contributed by atoms with Crippen molar-refractivity contribution in [2.45, 2.75) is 31.6 Å². The molecule has 0 saturated carbocycles. The van der Waals surface area contributed by atoms with Gasteiger partial charge in [0.1, 0.15) is 12.4 Å². The van der Waals surface area contributed by atoms with E-state index in [2.05, 4.69) is 5.32 Å². The van der Waals surface area contributed by atoms with E-state index in [0.717, 1.165) is 17.0 Å². The molecular weight excluding hydrogens is 462 g/mol. The lowest BCUT2D eigenvalue weighted by atomic mass is 9.71. The van der Waals surface area contributed by atoms with Crippen molar-refractivity contribution in [2.24, 2.45) is 0 Å². The molecule has 2 atom stereocenters. The molecule has 2 aromatic rings. The number of ketones is 1. The van der Waals surface area contributed by atoms with E-state index in [0.29, 0.717) is 35.2 Å². The fraction of sp³-hybridized carbons (Fsp3) is 0.357. The lowest BCUT2D eigenvalue weighted by Crippen LogP contribution is -2.36. The van der Waals surface area contributed by atoms with E-state index in [1.807, 2.05) is 31.2 Å². The zero-order valence-electron chi connectivity index (χ0n) is 20.9. The predicted molar refractivity (Wildman–Crippen MR) is 133 cm³/mol. The van der Waals surface area contributed by atoms with E-state index >= 15 is 0 Å². The standard InChI is InChI=1S/C28H31NO7/c1-16-25(28(32)36-12-11-33-2)26(18-7-10-22(30)24(15-18)35-4)27-21(29-16)13-19(14-23(27)31)17-5-8-20(34-3)9-6-17/h5-10,15,19,26,29-30H,11-14H2,1-4H3/t19-,26+/m1/s1. The Hall–Kier alpha value is -3.78. The smallest absolute Gasteiger partial charge is 0.336 e. The van der Waals surface area contributed by atoms with Gasteiger partial charge in [-0.05, 0) is 54.7 Å². The third-order valence-corrected chi connectivity index (χ3v) is 6.69. The van der Waals surface area contributed by atoms with E-state index in [9.17, 15) is 14.7 Å². The van der Waals surface area contributed by atoms with Crippen LogP contribution in [0, 0.1) is 0 Å². The SMILES string of the molecule is COCCOC(=O)C1=C(C)NC2=C(C(=O)C[C@H](c3ccc(OC)cc3)C2)[C@H]1c1ccc(O)c(OC)c1. The van der Waals surface area contributed by atoms with Crippen molar-refractivity contribution in [3.8, 4) is 17.2 Å². The van der Waals surface area contributed by atoms with Gasteiger partial charge in [-0.25, -0.2) is 4.79 Å². The summed E-state index contributed by atoms with van der Waals surface area (Å²) in [4.78, 5) is 26.9. The van der Waals surface area contributed by atoms with Crippen LogP contribution in [0.1, 0.15) is 42.7 Å². The Morgan fingerprint density at radius 2 is 1.72 bits per heavy atom. The Balaban J connectivity index is 1.76. The van der Waals surface area contributed by atoms with Crippen LogP contribution in [0.2, 0.25) is 0 Å². The van der Waals surface area contributed by atoms with E-state index in [4.69, 9.17) is 18.9 Å². The highest BCUT2D eigenvalue weighted by atomic mass is 16.6. The number of methoxy groups -OCH3 is 3. The molecule has 0 amide bonds. The van der Waals surface area contributed by atoms with Crippen molar-refractivity contribution < 1.29 is 33.6 Å². The first kappa shape index (κ1) is 25.3. The number of hydrogen-bond acceptors (Lipinski definition) is 8. The summed E-state index contributed by atoms with van der Waals surface area (Å²) in [6.45, 7) is 2.17. The van der Waals surface area contributed by atoms with Crippen molar-refractivity contribution >= 4 is 11.8 Å². The third-order valence-electron chi connectivity index (χ3n) is 6.69. The minimum absolute atomic E-state index is 0.00679. The van der Waals surface area contributed by atoms with E-state index in [1.165, 1.54) is 20.3 Å². The van der Waals surface area contributed by atoms with Crippen molar-refractivity contribution in [2.75, 3.05) is 34.5 Å². The molecule has 36 heavy (non-hydrogen) atoms. The lowest BCUT2D eigenvalue weighted by molar-refractivity contribution is -0.140. The Labute approximate surface area is 210 Å². The van der Waals surface area contributed by atoms with Gasteiger partial charge in [0.05, 0.1) is 26.4 Å². The number of benzene rings is 2. The molecular formula is C28H31NO7. The summed E-state index contributed by atoms with van der Waals surface area (Å²) in [5.74, 6) is -0.237. The molecule has 8 nitrogen and oxygen atoms in total. The molecule has 4 rings (SSSR count).